The maximum atomic E-state index is 13.7. The van der Waals surface area contributed by atoms with Crippen molar-refractivity contribution in [3.05, 3.63) is 88.1 Å². The molecular formula is C24H21FN2O2. The van der Waals surface area contributed by atoms with Gasteiger partial charge < -0.3 is 15.0 Å². The van der Waals surface area contributed by atoms with Crippen molar-refractivity contribution in [1.29, 1.82) is 0 Å². The van der Waals surface area contributed by atoms with Gasteiger partial charge in [-0.2, -0.15) is 0 Å². The van der Waals surface area contributed by atoms with Crippen LogP contribution in [0.15, 0.2) is 65.6 Å². The van der Waals surface area contributed by atoms with E-state index < -0.39 is 0 Å². The van der Waals surface area contributed by atoms with Crippen LogP contribution in [0.3, 0.4) is 0 Å². The lowest BCUT2D eigenvalue weighted by Crippen LogP contribution is -2.16. The first-order valence-corrected chi connectivity index (χ1v) is 9.28. The second-order valence-electron chi connectivity index (χ2n) is 7.23. The minimum Gasteiger partial charge on any atom is -0.456 e. The summed E-state index contributed by atoms with van der Waals surface area (Å²) in [6, 6.07) is 15.7. The second-order valence-corrected chi connectivity index (χ2v) is 7.23. The lowest BCUT2D eigenvalue weighted by molar-refractivity contribution is 0.474. The molecule has 4 nitrogen and oxygen atoms in total. The molecule has 0 spiro atoms. The highest BCUT2D eigenvalue weighted by atomic mass is 19.1. The van der Waals surface area contributed by atoms with Crippen molar-refractivity contribution in [3.63, 3.8) is 0 Å². The van der Waals surface area contributed by atoms with Gasteiger partial charge in [-0.05, 0) is 66.8 Å². The molecule has 3 aromatic carbocycles. The molecule has 5 heteroatoms. The monoisotopic (exact) mass is 388 g/mol. The number of aryl methyl sites for hydroxylation is 3. The molecule has 4 rings (SSSR count). The van der Waals surface area contributed by atoms with Crippen LogP contribution in [-0.2, 0) is 7.05 Å². The van der Waals surface area contributed by atoms with E-state index in [0.717, 1.165) is 16.5 Å². The molecule has 1 aromatic heterocycles. The summed E-state index contributed by atoms with van der Waals surface area (Å²) in [4.78, 5) is 12.5. The number of nitrogens with two attached hydrogens (primary N) is 1. The normalized spacial score (nSPS) is 11.0. The van der Waals surface area contributed by atoms with E-state index in [1.807, 2.05) is 44.2 Å². The Morgan fingerprint density at radius 1 is 0.931 bits per heavy atom. The second kappa shape index (κ2) is 7.09. The van der Waals surface area contributed by atoms with Gasteiger partial charge in [0.15, 0.2) is 0 Å². The van der Waals surface area contributed by atoms with Crippen molar-refractivity contribution >= 4 is 16.5 Å². The highest BCUT2D eigenvalue weighted by Gasteiger charge is 2.16. The van der Waals surface area contributed by atoms with Crippen LogP contribution in [0.25, 0.3) is 21.9 Å². The van der Waals surface area contributed by atoms with Crippen LogP contribution in [0.5, 0.6) is 11.5 Å². The molecular weight excluding hydrogens is 367 g/mol. The molecule has 0 aliphatic carbocycles. The van der Waals surface area contributed by atoms with Gasteiger partial charge in [-0.15, -0.1) is 0 Å². The van der Waals surface area contributed by atoms with Gasteiger partial charge in [-0.25, -0.2) is 4.39 Å². The summed E-state index contributed by atoms with van der Waals surface area (Å²) in [7, 11) is 1.72. The molecule has 0 fully saturated rings. The Bertz CT molecular complexity index is 1290. The highest BCUT2D eigenvalue weighted by molar-refractivity contribution is 5.97. The first kappa shape index (κ1) is 18.7. The third-order valence-electron chi connectivity index (χ3n) is 5.02. The van der Waals surface area contributed by atoms with Gasteiger partial charge in [-0.1, -0.05) is 18.2 Å². The zero-order valence-corrected chi connectivity index (χ0v) is 16.5. The first-order valence-electron chi connectivity index (χ1n) is 9.28. The molecule has 146 valence electrons. The van der Waals surface area contributed by atoms with Crippen LogP contribution in [0.2, 0.25) is 0 Å². The topological polar surface area (TPSA) is 57.2 Å². The average Bonchev–Trinajstić information content (AvgIpc) is 2.68. The van der Waals surface area contributed by atoms with E-state index in [1.165, 1.54) is 12.1 Å². The van der Waals surface area contributed by atoms with Gasteiger partial charge >= 0.3 is 0 Å². The van der Waals surface area contributed by atoms with Gasteiger partial charge in [0.05, 0.1) is 0 Å². The Morgan fingerprint density at radius 2 is 1.59 bits per heavy atom. The molecule has 2 N–H and O–H groups in total. The van der Waals surface area contributed by atoms with Crippen molar-refractivity contribution in [1.82, 2.24) is 4.57 Å². The van der Waals surface area contributed by atoms with Gasteiger partial charge in [-0.3, -0.25) is 4.79 Å². The molecule has 0 saturated heterocycles. The molecule has 0 unspecified atom stereocenters. The molecule has 0 aliphatic heterocycles. The van der Waals surface area contributed by atoms with E-state index in [2.05, 4.69) is 0 Å². The quantitative estimate of drug-likeness (QED) is 0.482. The minimum atomic E-state index is -0.297. The Kier molecular flexibility index (Phi) is 4.59. The Labute approximate surface area is 168 Å². The third-order valence-corrected chi connectivity index (χ3v) is 5.02. The third kappa shape index (κ3) is 3.36. The van der Waals surface area contributed by atoms with Crippen molar-refractivity contribution in [2.24, 2.45) is 7.05 Å². The predicted molar refractivity (Wildman–Crippen MR) is 115 cm³/mol. The number of nitrogen functional groups attached to an aromatic ring is 1. The molecule has 0 amide bonds. The van der Waals surface area contributed by atoms with Crippen molar-refractivity contribution in [3.8, 4) is 22.6 Å². The number of aromatic nitrogens is 1. The summed E-state index contributed by atoms with van der Waals surface area (Å²) in [5, 5.41) is 1.44. The molecule has 4 aromatic rings. The first-order chi connectivity index (χ1) is 13.8. The number of ether oxygens (including phenoxy) is 1. The van der Waals surface area contributed by atoms with Crippen molar-refractivity contribution in [2.75, 3.05) is 5.73 Å². The maximum Gasteiger partial charge on any atom is 0.258 e. The average molecular weight is 388 g/mol. The summed E-state index contributed by atoms with van der Waals surface area (Å²) in [5.41, 5.74) is 9.60. The predicted octanol–water partition coefficient (Wildman–Crippen LogP) is 5.34. The summed E-state index contributed by atoms with van der Waals surface area (Å²) >= 11 is 0. The fourth-order valence-corrected chi connectivity index (χ4v) is 3.65. The number of hydrogen-bond donors (Lipinski definition) is 1. The van der Waals surface area contributed by atoms with Crippen LogP contribution in [0.4, 0.5) is 10.1 Å². The fraction of sp³-hybridized carbons (Fsp3) is 0.125. The molecule has 1 heterocycles. The number of nitrogens with zero attached hydrogens (tertiary/aromatic N) is 1. The molecule has 29 heavy (non-hydrogen) atoms. The van der Waals surface area contributed by atoms with E-state index >= 15 is 0 Å². The van der Waals surface area contributed by atoms with Crippen LogP contribution >= 0.6 is 0 Å². The molecule has 0 aliphatic rings. The summed E-state index contributed by atoms with van der Waals surface area (Å²) in [5.74, 6) is 0.890. The number of halogens is 1. The largest absolute Gasteiger partial charge is 0.456 e. The van der Waals surface area contributed by atoms with Crippen molar-refractivity contribution in [2.45, 2.75) is 13.8 Å². The minimum absolute atomic E-state index is 0.0686. The SMILES string of the molecule is Cc1cc(F)cc(C)c1Oc1ccc(N)cc1-c1cn(C)c(=O)c2ccccc12. The van der Waals surface area contributed by atoms with E-state index in [1.54, 1.807) is 29.9 Å². The number of fused-ring (bicyclic) bond motifs is 1. The summed E-state index contributed by atoms with van der Waals surface area (Å²) < 4.78 is 21.5. The van der Waals surface area contributed by atoms with Gasteiger partial charge in [0, 0.05) is 35.4 Å². The lowest BCUT2D eigenvalue weighted by atomic mass is 9.99. The number of pyridine rings is 1. The van der Waals surface area contributed by atoms with E-state index in [9.17, 15) is 9.18 Å². The van der Waals surface area contributed by atoms with E-state index in [4.69, 9.17) is 10.5 Å². The number of anilines is 1. The van der Waals surface area contributed by atoms with Crippen molar-refractivity contribution < 1.29 is 9.13 Å². The fourth-order valence-electron chi connectivity index (χ4n) is 3.65. The molecule has 0 saturated carbocycles. The van der Waals surface area contributed by atoms with Crippen LogP contribution in [-0.4, -0.2) is 4.57 Å². The van der Waals surface area contributed by atoms with Crippen LogP contribution in [0.1, 0.15) is 11.1 Å². The van der Waals surface area contributed by atoms with E-state index in [0.29, 0.717) is 33.7 Å². The standard InChI is InChI=1S/C24H21FN2O2/c1-14-10-16(25)11-15(2)23(14)29-22-9-8-17(26)12-20(22)21-13-27(3)24(28)19-7-5-4-6-18(19)21/h4-13H,26H2,1-3H3. The molecule has 0 bridgehead atoms. The molecule has 0 atom stereocenters. The maximum absolute atomic E-state index is 13.7. The Morgan fingerprint density at radius 3 is 2.28 bits per heavy atom. The summed E-state index contributed by atoms with van der Waals surface area (Å²) in [6.07, 6.45) is 1.79. The number of rotatable bonds is 3. The zero-order valence-electron chi connectivity index (χ0n) is 16.5. The summed E-state index contributed by atoms with van der Waals surface area (Å²) in [6.45, 7) is 3.62. The van der Waals surface area contributed by atoms with Gasteiger partial charge in [0.1, 0.15) is 17.3 Å². The van der Waals surface area contributed by atoms with E-state index in [-0.39, 0.29) is 11.4 Å². The highest BCUT2D eigenvalue weighted by Crippen LogP contribution is 2.39. The molecule has 0 radical (unpaired) electrons. The number of benzene rings is 3. The number of hydrogen-bond acceptors (Lipinski definition) is 3. The Balaban J connectivity index is 1.96. The smallest absolute Gasteiger partial charge is 0.258 e. The van der Waals surface area contributed by atoms with Gasteiger partial charge in [0.2, 0.25) is 0 Å². The lowest BCUT2D eigenvalue weighted by Gasteiger charge is -2.17. The van der Waals surface area contributed by atoms with Crippen LogP contribution in [0, 0.1) is 19.7 Å². The zero-order chi connectivity index (χ0) is 20.7. The van der Waals surface area contributed by atoms with Crippen LogP contribution < -0.4 is 16.0 Å². The Hall–Kier alpha value is -3.60. The van der Waals surface area contributed by atoms with Gasteiger partial charge in [0.25, 0.3) is 5.56 Å².